The van der Waals surface area contributed by atoms with Crippen molar-refractivity contribution in [1.29, 1.82) is 0 Å². The number of nitro benzene ring substituents is 1. The molecule has 2 aromatic rings. The average molecular weight is 349 g/mol. The lowest BCUT2D eigenvalue weighted by atomic mass is 9.91. The van der Waals surface area contributed by atoms with Crippen LogP contribution < -0.4 is 0 Å². The van der Waals surface area contributed by atoms with E-state index in [1.165, 1.54) is 18.2 Å². The highest BCUT2D eigenvalue weighted by atomic mass is 19.1. The van der Waals surface area contributed by atoms with Gasteiger partial charge in [-0.05, 0) is 31.5 Å². The van der Waals surface area contributed by atoms with Crippen molar-refractivity contribution >= 4 is 11.7 Å². The van der Waals surface area contributed by atoms with Crippen LogP contribution in [0.25, 0.3) is 0 Å². The van der Waals surface area contributed by atoms with E-state index in [0.29, 0.717) is 23.3 Å². The predicted octanol–water partition coefficient (Wildman–Crippen LogP) is 3.36. The summed E-state index contributed by atoms with van der Waals surface area (Å²) in [6.07, 6.45) is -1.70. The Morgan fingerprint density at radius 3 is 2.36 bits per heavy atom. The summed E-state index contributed by atoms with van der Waals surface area (Å²) in [6, 6.07) is 5.29. The van der Waals surface area contributed by atoms with Crippen molar-refractivity contribution in [3.8, 4) is 0 Å². The van der Waals surface area contributed by atoms with E-state index in [2.05, 4.69) is 0 Å². The van der Waals surface area contributed by atoms with Crippen LogP contribution in [0.5, 0.6) is 0 Å². The van der Waals surface area contributed by atoms with Gasteiger partial charge in [0.1, 0.15) is 23.3 Å². The van der Waals surface area contributed by atoms with Crippen molar-refractivity contribution in [2.24, 2.45) is 0 Å². The Labute approximate surface area is 140 Å². The number of hydrogen-bond acceptors (Lipinski definition) is 5. The van der Waals surface area contributed by atoms with Crippen molar-refractivity contribution in [2.45, 2.75) is 25.6 Å². The van der Waals surface area contributed by atoms with Gasteiger partial charge in [-0.15, -0.1) is 0 Å². The zero-order valence-corrected chi connectivity index (χ0v) is 13.2. The van der Waals surface area contributed by atoms with Crippen LogP contribution in [0.15, 0.2) is 30.3 Å². The second-order valence-electron chi connectivity index (χ2n) is 6.19. The minimum Gasteiger partial charge on any atom is -0.451 e. The molecule has 0 bridgehead atoms. The summed E-state index contributed by atoms with van der Waals surface area (Å²) in [5.74, 6) is -2.98. The second-order valence-corrected chi connectivity index (χ2v) is 6.19. The van der Waals surface area contributed by atoms with E-state index in [-0.39, 0.29) is 5.56 Å². The molecule has 3 rings (SSSR count). The molecule has 0 aromatic heterocycles. The van der Waals surface area contributed by atoms with E-state index in [0.717, 1.165) is 0 Å². The number of halogens is 2. The Bertz CT molecular complexity index is 887. The standard InChI is InChI=1S/C17H13F2NO5/c1-17(2)11-5-8(3-4-10(11)16(22)25-17)15(21)14-12(18)6-9(20(23)24)7-13(14)19/h3-7,15,21H,1-2H3. The molecular weight excluding hydrogens is 336 g/mol. The molecule has 1 atom stereocenters. The van der Waals surface area contributed by atoms with Crippen molar-refractivity contribution < 1.29 is 28.3 Å². The number of benzene rings is 2. The topological polar surface area (TPSA) is 89.7 Å². The SMILES string of the molecule is CC1(C)OC(=O)c2ccc(C(O)c3c(F)cc([N+](=O)[O-])cc3F)cc21. The van der Waals surface area contributed by atoms with Gasteiger partial charge in [0.2, 0.25) is 0 Å². The summed E-state index contributed by atoms with van der Waals surface area (Å²) in [5, 5.41) is 21.0. The van der Waals surface area contributed by atoms with Crippen molar-refractivity contribution in [3.05, 3.63) is 74.3 Å². The number of rotatable bonds is 3. The number of nitro groups is 1. The summed E-state index contributed by atoms with van der Waals surface area (Å²) in [6.45, 7) is 3.31. The van der Waals surface area contributed by atoms with Crippen molar-refractivity contribution in [3.63, 3.8) is 0 Å². The van der Waals surface area contributed by atoms with Gasteiger partial charge in [0.05, 0.1) is 28.2 Å². The zero-order valence-electron chi connectivity index (χ0n) is 13.2. The maximum atomic E-state index is 14.1. The van der Waals surface area contributed by atoms with E-state index < -0.39 is 45.5 Å². The van der Waals surface area contributed by atoms with E-state index in [1.54, 1.807) is 13.8 Å². The molecule has 0 amide bonds. The van der Waals surface area contributed by atoms with Crippen LogP contribution in [0.1, 0.15) is 47.0 Å². The fraction of sp³-hybridized carbons (Fsp3) is 0.235. The highest BCUT2D eigenvalue weighted by molar-refractivity contribution is 5.94. The molecule has 8 heteroatoms. The molecule has 0 saturated carbocycles. The largest absolute Gasteiger partial charge is 0.451 e. The first-order valence-electron chi connectivity index (χ1n) is 7.31. The third kappa shape index (κ3) is 2.74. The van der Waals surface area contributed by atoms with Crippen LogP contribution in [-0.2, 0) is 10.3 Å². The Hall–Kier alpha value is -2.87. The van der Waals surface area contributed by atoms with Gasteiger partial charge >= 0.3 is 5.97 Å². The monoisotopic (exact) mass is 349 g/mol. The normalized spacial score (nSPS) is 16.3. The van der Waals surface area contributed by atoms with E-state index in [4.69, 9.17) is 4.74 Å². The highest BCUT2D eigenvalue weighted by Gasteiger charge is 2.38. The summed E-state index contributed by atoms with van der Waals surface area (Å²) in [5.41, 5.74) is -1.46. The average Bonchev–Trinajstić information content (AvgIpc) is 2.75. The maximum Gasteiger partial charge on any atom is 0.339 e. The molecule has 1 unspecified atom stereocenters. The number of cyclic esters (lactones) is 1. The number of carbonyl (C=O) groups is 1. The maximum absolute atomic E-state index is 14.1. The zero-order chi connectivity index (χ0) is 18.5. The lowest BCUT2D eigenvalue weighted by Gasteiger charge is -2.19. The Morgan fingerprint density at radius 1 is 1.20 bits per heavy atom. The fourth-order valence-electron chi connectivity index (χ4n) is 2.85. The molecule has 1 aliphatic rings. The number of hydrogen-bond donors (Lipinski definition) is 1. The molecule has 2 aromatic carbocycles. The van der Waals surface area contributed by atoms with Gasteiger partial charge in [0, 0.05) is 5.56 Å². The number of aliphatic hydroxyl groups excluding tert-OH is 1. The van der Waals surface area contributed by atoms with Gasteiger partial charge in [0.25, 0.3) is 5.69 Å². The number of ether oxygens (including phenoxy) is 1. The summed E-state index contributed by atoms with van der Waals surface area (Å²) in [4.78, 5) is 21.5. The summed E-state index contributed by atoms with van der Waals surface area (Å²) >= 11 is 0. The molecular formula is C17H13F2NO5. The Kier molecular flexibility index (Phi) is 3.80. The van der Waals surface area contributed by atoms with Gasteiger partial charge in [0.15, 0.2) is 0 Å². The number of carbonyl (C=O) groups excluding carboxylic acids is 1. The van der Waals surface area contributed by atoms with Crippen LogP contribution in [0.3, 0.4) is 0 Å². The molecule has 0 saturated heterocycles. The number of non-ortho nitro benzene ring substituents is 1. The number of esters is 1. The molecule has 25 heavy (non-hydrogen) atoms. The van der Waals surface area contributed by atoms with Crippen LogP contribution in [0, 0.1) is 21.7 Å². The molecule has 130 valence electrons. The van der Waals surface area contributed by atoms with Gasteiger partial charge in [-0.1, -0.05) is 6.07 Å². The van der Waals surface area contributed by atoms with E-state index in [9.17, 15) is 28.8 Å². The van der Waals surface area contributed by atoms with Crippen LogP contribution in [0.4, 0.5) is 14.5 Å². The molecule has 6 nitrogen and oxygen atoms in total. The molecule has 1 aliphatic heterocycles. The first kappa shape index (κ1) is 17.0. The Morgan fingerprint density at radius 2 is 1.80 bits per heavy atom. The van der Waals surface area contributed by atoms with Gasteiger partial charge in [-0.25, -0.2) is 13.6 Å². The quantitative estimate of drug-likeness (QED) is 0.521. The van der Waals surface area contributed by atoms with Crippen molar-refractivity contribution in [1.82, 2.24) is 0 Å². The van der Waals surface area contributed by atoms with Gasteiger partial charge in [-0.2, -0.15) is 0 Å². The molecule has 0 aliphatic carbocycles. The molecule has 1 heterocycles. The third-order valence-electron chi connectivity index (χ3n) is 4.12. The van der Waals surface area contributed by atoms with E-state index in [1.807, 2.05) is 0 Å². The van der Waals surface area contributed by atoms with Crippen molar-refractivity contribution in [2.75, 3.05) is 0 Å². The predicted molar refractivity (Wildman–Crippen MR) is 82.0 cm³/mol. The van der Waals surface area contributed by atoms with Crippen LogP contribution in [-0.4, -0.2) is 16.0 Å². The fourth-order valence-corrected chi connectivity index (χ4v) is 2.85. The number of fused-ring (bicyclic) bond motifs is 1. The second kappa shape index (κ2) is 5.59. The smallest absolute Gasteiger partial charge is 0.339 e. The minimum absolute atomic E-state index is 0.136. The number of nitrogens with zero attached hydrogens (tertiary/aromatic N) is 1. The third-order valence-corrected chi connectivity index (χ3v) is 4.12. The minimum atomic E-state index is -1.70. The first-order chi connectivity index (χ1) is 11.6. The summed E-state index contributed by atoms with van der Waals surface area (Å²) in [7, 11) is 0. The van der Waals surface area contributed by atoms with E-state index >= 15 is 0 Å². The molecule has 0 fully saturated rings. The van der Waals surface area contributed by atoms with Crippen LogP contribution >= 0.6 is 0 Å². The highest BCUT2D eigenvalue weighted by Crippen LogP contribution is 2.38. The molecule has 1 N–H and O–H groups in total. The molecule has 0 radical (unpaired) electrons. The summed E-state index contributed by atoms with van der Waals surface area (Å²) < 4.78 is 33.4. The van der Waals surface area contributed by atoms with Gasteiger partial charge in [-0.3, -0.25) is 10.1 Å². The lowest BCUT2D eigenvalue weighted by molar-refractivity contribution is -0.385. The van der Waals surface area contributed by atoms with Crippen LogP contribution in [0.2, 0.25) is 0 Å². The lowest BCUT2D eigenvalue weighted by Crippen LogP contribution is -2.16. The Balaban J connectivity index is 2.07. The van der Waals surface area contributed by atoms with Gasteiger partial charge < -0.3 is 9.84 Å². The molecule has 0 spiro atoms. The number of aliphatic hydroxyl groups is 1. The first-order valence-corrected chi connectivity index (χ1v) is 7.31.